The minimum atomic E-state index is -0.0589. The molecule has 1 aliphatic rings. The molecule has 2 N–H and O–H groups in total. The highest BCUT2D eigenvalue weighted by Gasteiger charge is 2.27. The Morgan fingerprint density at radius 1 is 1.47 bits per heavy atom. The van der Waals surface area contributed by atoms with E-state index in [1.807, 2.05) is 12.1 Å². The van der Waals surface area contributed by atoms with Crippen LogP contribution in [0.25, 0.3) is 0 Å². The molecule has 1 saturated heterocycles. The van der Waals surface area contributed by atoms with Crippen molar-refractivity contribution in [3.05, 3.63) is 34.3 Å². The minimum absolute atomic E-state index is 0. The van der Waals surface area contributed by atoms with Gasteiger partial charge in [0.2, 0.25) is 5.91 Å². The maximum atomic E-state index is 11.8. The van der Waals surface area contributed by atoms with Gasteiger partial charge in [0.15, 0.2) is 0 Å². The van der Waals surface area contributed by atoms with Crippen LogP contribution in [0.5, 0.6) is 0 Å². The van der Waals surface area contributed by atoms with Gasteiger partial charge < -0.3 is 10.6 Å². The fourth-order valence-electron chi connectivity index (χ4n) is 1.94. The van der Waals surface area contributed by atoms with E-state index in [-0.39, 0.29) is 29.6 Å². The third-order valence-corrected chi connectivity index (χ3v) is 3.96. The Balaban J connectivity index is 0.00000180. The van der Waals surface area contributed by atoms with E-state index >= 15 is 0 Å². The van der Waals surface area contributed by atoms with E-state index in [0.717, 1.165) is 17.6 Å². The lowest BCUT2D eigenvalue weighted by atomic mass is 9.84. The van der Waals surface area contributed by atoms with Gasteiger partial charge in [-0.05, 0) is 17.7 Å². The number of benzene rings is 1. The number of carbonyl (C=O) groups is 1. The largest absolute Gasteiger partial charge is 0.355 e. The molecule has 5 heteroatoms. The van der Waals surface area contributed by atoms with Crippen LogP contribution in [0.3, 0.4) is 0 Å². The molecular weight excluding hydrogens is 328 g/mol. The Bertz CT molecular complexity index is 447. The van der Waals surface area contributed by atoms with Crippen LogP contribution in [0.1, 0.15) is 19.4 Å². The maximum Gasteiger partial charge on any atom is 0.225 e. The van der Waals surface area contributed by atoms with Gasteiger partial charge in [0.05, 0.1) is 5.92 Å². The molecule has 0 spiro atoms. The second-order valence-corrected chi connectivity index (χ2v) is 6.38. The molecule has 0 bridgehead atoms. The van der Waals surface area contributed by atoms with Gasteiger partial charge in [-0.3, -0.25) is 4.79 Å². The summed E-state index contributed by atoms with van der Waals surface area (Å²) in [5.74, 6) is 0.320. The second kappa shape index (κ2) is 6.73. The number of rotatable bonds is 4. The highest BCUT2D eigenvalue weighted by Crippen LogP contribution is 2.25. The van der Waals surface area contributed by atoms with Crippen molar-refractivity contribution < 1.29 is 4.79 Å². The van der Waals surface area contributed by atoms with Crippen LogP contribution in [0.4, 0.5) is 0 Å². The molecule has 2 rings (SSSR count). The van der Waals surface area contributed by atoms with Crippen LogP contribution in [0.2, 0.25) is 0 Å². The van der Waals surface area contributed by atoms with Gasteiger partial charge in [-0.25, -0.2) is 0 Å². The summed E-state index contributed by atoms with van der Waals surface area (Å²) >= 11 is 3.48. The molecule has 0 aliphatic carbocycles. The summed E-state index contributed by atoms with van der Waals surface area (Å²) in [6, 6.07) is 8.25. The quantitative estimate of drug-likeness (QED) is 0.878. The van der Waals surface area contributed by atoms with Gasteiger partial charge in [-0.2, -0.15) is 0 Å². The maximum absolute atomic E-state index is 11.8. The van der Waals surface area contributed by atoms with E-state index in [1.165, 1.54) is 5.56 Å². The van der Waals surface area contributed by atoms with Gasteiger partial charge in [0, 0.05) is 29.5 Å². The highest BCUT2D eigenvalue weighted by atomic mass is 79.9. The van der Waals surface area contributed by atoms with E-state index < -0.39 is 0 Å². The molecule has 19 heavy (non-hydrogen) atoms. The van der Waals surface area contributed by atoms with Gasteiger partial charge in [-0.15, -0.1) is 12.4 Å². The lowest BCUT2D eigenvalue weighted by Crippen LogP contribution is -2.52. The fourth-order valence-corrected chi connectivity index (χ4v) is 2.34. The molecular formula is C14H20BrClN2O. The minimum Gasteiger partial charge on any atom is -0.355 e. The van der Waals surface area contributed by atoms with Gasteiger partial charge in [0.1, 0.15) is 0 Å². The first-order chi connectivity index (χ1) is 8.49. The van der Waals surface area contributed by atoms with Crippen molar-refractivity contribution in [2.24, 2.45) is 5.92 Å². The monoisotopic (exact) mass is 346 g/mol. The van der Waals surface area contributed by atoms with E-state index in [9.17, 15) is 4.79 Å². The van der Waals surface area contributed by atoms with Crippen LogP contribution in [0.15, 0.2) is 28.7 Å². The van der Waals surface area contributed by atoms with Crippen LogP contribution >= 0.6 is 28.3 Å². The molecule has 1 aromatic carbocycles. The van der Waals surface area contributed by atoms with E-state index in [1.54, 1.807) is 0 Å². The van der Waals surface area contributed by atoms with Crippen molar-refractivity contribution in [2.75, 3.05) is 19.6 Å². The molecule has 1 fully saturated rings. The number of halogens is 2. The standard InChI is InChI=1S/C14H19BrN2O.ClH/c1-14(2,11-4-3-5-12(15)6-11)9-17-13(18)10-7-16-8-10;/h3-6,10,16H,7-9H2,1-2H3,(H,17,18);1H. The van der Waals surface area contributed by atoms with Crippen molar-refractivity contribution in [1.82, 2.24) is 10.6 Å². The summed E-state index contributed by atoms with van der Waals surface area (Å²) in [5, 5.41) is 6.16. The Morgan fingerprint density at radius 3 is 2.68 bits per heavy atom. The van der Waals surface area contributed by atoms with Crippen molar-refractivity contribution in [3.63, 3.8) is 0 Å². The predicted octanol–water partition coefficient (Wildman–Crippen LogP) is 2.48. The molecule has 1 amide bonds. The Labute approximate surface area is 129 Å². The van der Waals surface area contributed by atoms with E-state index in [4.69, 9.17) is 0 Å². The number of amides is 1. The normalized spacial score (nSPS) is 15.3. The number of hydrogen-bond donors (Lipinski definition) is 2. The fraction of sp³-hybridized carbons (Fsp3) is 0.500. The number of carbonyl (C=O) groups excluding carboxylic acids is 1. The van der Waals surface area contributed by atoms with Crippen molar-refractivity contribution in [2.45, 2.75) is 19.3 Å². The zero-order chi connectivity index (χ0) is 13.2. The molecule has 1 aliphatic heterocycles. The van der Waals surface area contributed by atoms with E-state index in [2.05, 4.69) is 52.5 Å². The summed E-state index contributed by atoms with van der Waals surface area (Å²) < 4.78 is 1.07. The summed E-state index contributed by atoms with van der Waals surface area (Å²) in [7, 11) is 0. The molecule has 1 heterocycles. The van der Waals surface area contributed by atoms with Crippen LogP contribution in [-0.2, 0) is 10.2 Å². The summed E-state index contributed by atoms with van der Waals surface area (Å²) in [6.45, 7) is 6.58. The van der Waals surface area contributed by atoms with Gasteiger partial charge >= 0.3 is 0 Å². The second-order valence-electron chi connectivity index (χ2n) is 5.47. The molecule has 0 atom stereocenters. The molecule has 0 unspecified atom stereocenters. The van der Waals surface area contributed by atoms with Crippen LogP contribution in [-0.4, -0.2) is 25.5 Å². The zero-order valence-corrected chi connectivity index (χ0v) is 13.6. The van der Waals surface area contributed by atoms with Crippen molar-refractivity contribution in [3.8, 4) is 0 Å². The summed E-state index contributed by atoms with van der Waals surface area (Å²) in [4.78, 5) is 11.8. The van der Waals surface area contributed by atoms with Gasteiger partial charge in [0.25, 0.3) is 0 Å². The summed E-state index contributed by atoms with van der Waals surface area (Å²) in [5.41, 5.74) is 1.17. The molecule has 106 valence electrons. The number of hydrogen-bond acceptors (Lipinski definition) is 2. The Kier molecular flexibility index (Phi) is 5.83. The van der Waals surface area contributed by atoms with E-state index in [0.29, 0.717) is 6.54 Å². The van der Waals surface area contributed by atoms with Crippen molar-refractivity contribution in [1.29, 1.82) is 0 Å². The first-order valence-corrected chi connectivity index (χ1v) is 7.03. The Morgan fingerprint density at radius 2 is 2.16 bits per heavy atom. The van der Waals surface area contributed by atoms with Crippen molar-refractivity contribution >= 4 is 34.2 Å². The summed E-state index contributed by atoms with van der Waals surface area (Å²) in [6.07, 6.45) is 0. The van der Waals surface area contributed by atoms with Crippen LogP contribution < -0.4 is 10.6 Å². The average Bonchev–Trinajstić information content (AvgIpc) is 2.24. The molecule has 1 aromatic rings. The molecule has 0 radical (unpaired) electrons. The molecule has 3 nitrogen and oxygen atoms in total. The zero-order valence-electron chi connectivity index (χ0n) is 11.2. The van der Waals surface area contributed by atoms with Crippen LogP contribution in [0, 0.1) is 5.92 Å². The topological polar surface area (TPSA) is 41.1 Å². The first-order valence-electron chi connectivity index (χ1n) is 6.23. The van der Waals surface area contributed by atoms with Gasteiger partial charge in [-0.1, -0.05) is 41.9 Å². The average molecular weight is 348 g/mol. The third-order valence-electron chi connectivity index (χ3n) is 3.46. The highest BCUT2D eigenvalue weighted by molar-refractivity contribution is 9.10. The number of nitrogens with one attached hydrogen (secondary N) is 2. The SMILES string of the molecule is CC(C)(CNC(=O)C1CNC1)c1cccc(Br)c1.Cl. The predicted molar refractivity (Wildman–Crippen MR) is 83.8 cm³/mol. The first kappa shape index (κ1) is 16.5. The third kappa shape index (κ3) is 4.20. The smallest absolute Gasteiger partial charge is 0.225 e. The molecule has 0 saturated carbocycles. The Hall–Kier alpha value is -0.580. The lowest BCUT2D eigenvalue weighted by molar-refractivity contribution is -0.126. The lowest BCUT2D eigenvalue weighted by Gasteiger charge is -2.30. The molecule has 0 aromatic heterocycles.